The monoisotopic (exact) mass is 385 g/mol. The van der Waals surface area contributed by atoms with Gasteiger partial charge in [-0.1, -0.05) is 23.7 Å². The number of nitrogens with one attached hydrogen (secondary N) is 2. The summed E-state index contributed by atoms with van der Waals surface area (Å²) in [7, 11) is -3.15. The smallest absolute Gasteiger partial charge is 0.208 e. The van der Waals surface area contributed by atoms with Gasteiger partial charge in [-0.05, 0) is 30.5 Å². The van der Waals surface area contributed by atoms with E-state index in [1.54, 1.807) is 11.3 Å². The third-order valence-electron chi connectivity index (χ3n) is 3.90. The average Bonchev–Trinajstić information content (AvgIpc) is 2.92. The van der Waals surface area contributed by atoms with Crippen molar-refractivity contribution in [1.82, 2.24) is 15.0 Å². The van der Waals surface area contributed by atoms with Gasteiger partial charge in [0.05, 0.1) is 23.0 Å². The fraction of sp³-hybridized carbons (Fsp3) is 0.438. The first-order valence-electron chi connectivity index (χ1n) is 7.81. The molecule has 0 fully saturated rings. The summed E-state index contributed by atoms with van der Waals surface area (Å²) in [5.74, 6) is 0. The molecule has 24 heavy (non-hydrogen) atoms. The summed E-state index contributed by atoms with van der Waals surface area (Å²) in [6.07, 6.45) is 3.64. The van der Waals surface area contributed by atoms with Gasteiger partial charge in [0, 0.05) is 29.4 Å². The number of benzene rings is 1. The van der Waals surface area contributed by atoms with E-state index >= 15 is 0 Å². The Labute approximate surface area is 151 Å². The minimum Gasteiger partial charge on any atom is -0.308 e. The van der Waals surface area contributed by atoms with Crippen LogP contribution in [0.3, 0.4) is 0 Å². The van der Waals surface area contributed by atoms with Gasteiger partial charge < -0.3 is 5.32 Å². The summed E-state index contributed by atoms with van der Waals surface area (Å²) in [5.41, 5.74) is 2.33. The van der Waals surface area contributed by atoms with Gasteiger partial charge in [-0.2, -0.15) is 0 Å². The molecule has 0 saturated heterocycles. The minimum atomic E-state index is -3.15. The molecule has 1 aromatic carbocycles. The lowest BCUT2D eigenvalue weighted by atomic mass is 9.99. The van der Waals surface area contributed by atoms with E-state index in [9.17, 15) is 8.42 Å². The normalized spacial score (nSPS) is 17.7. The van der Waals surface area contributed by atoms with Crippen LogP contribution in [-0.2, 0) is 29.3 Å². The number of thiazole rings is 1. The SMILES string of the molecule is CS(=O)(=O)NCCc1nc2c(s1)CCNC2Cc1ccc(Cl)cc1. The molecule has 0 amide bonds. The van der Waals surface area contributed by atoms with Crippen LogP contribution in [0.5, 0.6) is 0 Å². The number of fused-ring (bicyclic) bond motifs is 1. The van der Waals surface area contributed by atoms with E-state index in [1.165, 1.54) is 16.7 Å². The predicted molar refractivity (Wildman–Crippen MR) is 98.3 cm³/mol. The van der Waals surface area contributed by atoms with E-state index in [2.05, 4.69) is 10.0 Å². The van der Waals surface area contributed by atoms with E-state index in [0.29, 0.717) is 13.0 Å². The van der Waals surface area contributed by atoms with Crippen LogP contribution in [0.4, 0.5) is 0 Å². The zero-order chi connectivity index (χ0) is 17.2. The molecule has 0 aliphatic carbocycles. The molecule has 8 heteroatoms. The molecule has 0 radical (unpaired) electrons. The second kappa shape index (κ2) is 7.49. The molecule has 1 aromatic heterocycles. The fourth-order valence-electron chi connectivity index (χ4n) is 2.80. The van der Waals surface area contributed by atoms with Crippen molar-refractivity contribution >= 4 is 33.0 Å². The third-order valence-corrected chi connectivity index (χ3v) is 6.07. The average molecular weight is 386 g/mol. The summed E-state index contributed by atoms with van der Waals surface area (Å²) >= 11 is 7.64. The van der Waals surface area contributed by atoms with Gasteiger partial charge in [0.15, 0.2) is 0 Å². The van der Waals surface area contributed by atoms with Gasteiger partial charge in [-0.25, -0.2) is 18.1 Å². The number of hydrogen-bond donors (Lipinski definition) is 2. The summed E-state index contributed by atoms with van der Waals surface area (Å²) in [6.45, 7) is 1.33. The molecule has 0 bridgehead atoms. The molecule has 2 heterocycles. The number of aromatic nitrogens is 1. The van der Waals surface area contributed by atoms with Crippen LogP contribution >= 0.6 is 22.9 Å². The Morgan fingerprint density at radius 1 is 1.38 bits per heavy atom. The number of hydrogen-bond acceptors (Lipinski definition) is 5. The largest absolute Gasteiger partial charge is 0.308 e. The Kier molecular flexibility index (Phi) is 5.56. The van der Waals surface area contributed by atoms with Gasteiger partial charge in [-0.15, -0.1) is 11.3 Å². The summed E-state index contributed by atoms with van der Waals surface area (Å²) < 4.78 is 24.8. The number of halogens is 1. The molecular weight excluding hydrogens is 366 g/mol. The highest BCUT2D eigenvalue weighted by molar-refractivity contribution is 7.88. The first-order valence-corrected chi connectivity index (χ1v) is 10.9. The van der Waals surface area contributed by atoms with Gasteiger partial charge >= 0.3 is 0 Å². The Balaban J connectivity index is 1.69. The van der Waals surface area contributed by atoms with Gasteiger partial charge in [-0.3, -0.25) is 0 Å². The molecule has 1 atom stereocenters. The second-order valence-corrected chi connectivity index (χ2v) is 9.36. The molecule has 0 saturated carbocycles. The van der Waals surface area contributed by atoms with E-state index in [4.69, 9.17) is 16.6 Å². The van der Waals surface area contributed by atoms with Crippen LogP contribution in [0.1, 0.15) is 27.2 Å². The lowest BCUT2D eigenvalue weighted by Gasteiger charge is -2.23. The van der Waals surface area contributed by atoms with Gasteiger partial charge in [0.25, 0.3) is 0 Å². The molecule has 1 aliphatic rings. The van der Waals surface area contributed by atoms with Crippen molar-refractivity contribution < 1.29 is 8.42 Å². The maximum atomic E-state index is 11.1. The summed E-state index contributed by atoms with van der Waals surface area (Å²) in [4.78, 5) is 6.07. The maximum Gasteiger partial charge on any atom is 0.208 e. The molecule has 0 spiro atoms. The maximum absolute atomic E-state index is 11.1. The van der Waals surface area contributed by atoms with Crippen molar-refractivity contribution in [2.45, 2.75) is 25.3 Å². The quantitative estimate of drug-likeness (QED) is 0.800. The Bertz CT molecular complexity index is 803. The van der Waals surface area contributed by atoms with Crippen LogP contribution in [-0.4, -0.2) is 32.7 Å². The number of sulfonamides is 1. The van der Waals surface area contributed by atoms with Crippen molar-refractivity contribution in [3.8, 4) is 0 Å². The zero-order valence-electron chi connectivity index (χ0n) is 13.4. The van der Waals surface area contributed by atoms with Crippen molar-refractivity contribution in [1.29, 1.82) is 0 Å². The topological polar surface area (TPSA) is 71.1 Å². The highest BCUT2D eigenvalue weighted by Gasteiger charge is 2.24. The predicted octanol–water partition coefficient (Wildman–Crippen LogP) is 2.32. The van der Waals surface area contributed by atoms with Crippen LogP contribution in [0.2, 0.25) is 5.02 Å². The van der Waals surface area contributed by atoms with Crippen molar-refractivity contribution in [2.24, 2.45) is 0 Å². The lowest BCUT2D eigenvalue weighted by Crippen LogP contribution is -2.30. The van der Waals surface area contributed by atoms with Crippen LogP contribution < -0.4 is 10.0 Å². The standard InChI is InChI=1S/C16H20ClN3O2S2/c1-24(21,22)19-9-7-15-20-16-13(18-8-6-14(16)23-15)10-11-2-4-12(17)5-3-11/h2-5,13,18-19H,6-10H2,1H3. The first-order chi connectivity index (χ1) is 11.4. The first kappa shape index (κ1) is 17.8. The Morgan fingerprint density at radius 2 is 2.12 bits per heavy atom. The number of nitrogens with zero attached hydrogens (tertiary/aromatic N) is 1. The highest BCUT2D eigenvalue weighted by atomic mass is 35.5. The molecule has 130 valence electrons. The lowest BCUT2D eigenvalue weighted by molar-refractivity contribution is 0.495. The third kappa shape index (κ3) is 4.77. The van der Waals surface area contributed by atoms with E-state index in [-0.39, 0.29) is 6.04 Å². The van der Waals surface area contributed by atoms with Crippen molar-refractivity contribution in [2.75, 3.05) is 19.3 Å². The molecule has 5 nitrogen and oxygen atoms in total. The summed E-state index contributed by atoms with van der Waals surface area (Å²) in [5, 5.41) is 5.26. The molecule has 2 aromatic rings. The highest BCUT2D eigenvalue weighted by Crippen LogP contribution is 2.30. The van der Waals surface area contributed by atoms with Crippen LogP contribution in [0, 0.1) is 0 Å². The molecule has 2 N–H and O–H groups in total. The molecular formula is C16H20ClN3O2S2. The van der Waals surface area contributed by atoms with Gasteiger partial charge in [0.1, 0.15) is 0 Å². The molecule has 3 rings (SSSR count). The fourth-order valence-corrected chi connectivity index (χ4v) is 4.53. The van der Waals surface area contributed by atoms with Crippen LogP contribution in [0.15, 0.2) is 24.3 Å². The number of rotatable bonds is 6. The minimum absolute atomic E-state index is 0.197. The van der Waals surface area contributed by atoms with Crippen molar-refractivity contribution in [3.05, 3.63) is 50.4 Å². The zero-order valence-corrected chi connectivity index (χ0v) is 15.8. The Hall–Kier alpha value is -0.990. The van der Waals surface area contributed by atoms with Gasteiger partial charge in [0.2, 0.25) is 10.0 Å². The van der Waals surface area contributed by atoms with E-state index < -0.39 is 10.0 Å². The Morgan fingerprint density at radius 3 is 2.83 bits per heavy atom. The van der Waals surface area contributed by atoms with E-state index in [0.717, 1.165) is 35.1 Å². The van der Waals surface area contributed by atoms with E-state index in [1.807, 2.05) is 24.3 Å². The summed E-state index contributed by atoms with van der Waals surface area (Å²) in [6, 6.07) is 8.10. The van der Waals surface area contributed by atoms with Crippen LogP contribution in [0.25, 0.3) is 0 Å². The van der Waals surface area contributed by atoms with Crippen molar-refractivity contribution in [3.63, 3.8) is 0 Å². The molecule has 1 aliphatic heterocycles. The molecule has 1 unspecified atom stereocenters. The second-order valence-electron chi connectivity index (χ2n) is 5.92.